The summed E-state index contributed by atoms with van der Waals surface area (Å²) in [7, 11) is 4.14. The summed E-state index contributed by atoms with van der Waals surface area (Å²) in [6.45, 7) is 2.74. The molecule has 1 aromatic heterocycles. The highest BCUT2D eigenvalue weighted by molar-refractivity contribution is 7.80. The number of rotatable bonds is 8. The molecule has 0 aliphatic heterocycles. The summed E-state index contributed by atoms with van der Waals surface area (Å²) in [5.74, 6) is 0. The van der Waals surface area contributed by atoms with Gasteiger partial charge in [0.15, 0.2) is 5.11 Å². The van der Waals surface area contributed by atoms with E-state index in [4.69, 9.17) is 12.2 Å². The topological polar surface area (TPSA) is 36.3 Å². The Morgan fingerprint density at radius 2 is 1.93 bits per heavy atom. The van der Waals surface area contributed by atoms with Crippen LogP contribution in [0.2, 0.25) is 0 Å². The molecule has 0 radical (unpaired) electrons. The van der Waals surface area contributed by atoms with Crippen molar-refractivity contribution < 1.29 is 0 Å². The number of nitrogens with one attached hydrogen (secondary N) is 1. The molecule has 0 unspecified atom stereocenters. The van der Waals surface area contributed by atoms with Crippen molar-refractivity contribution in [2.75, 3.05) is 25.5 Å². The van der Waals surface area contributed by atoms with Gasteiger partial charge in [0.05, 0.1) is 6.33 Å². The Bertz CT molecular complexity index is 705. The van der Waals surface area contributed by atoms with Crippen LogP contribution < -0.4 is 10.2 Å². The lowest BCUT2D eigenvalue weighted by atomic mass is 9.96. The zero-order valence-corrected chi connectivity index (χ0v) is 18.0. The van der Waals surface area contributed by atoms with E-state index in [2.05, 4.69) is 63.0 Å². The zero-order valence-electron chi connectivity index (χ0n) is 17.2. The molecule has 0 saturated heterocycles. The molecule has 1 N–H and O–H groups in total. The van der Waals surface area contributed by atoms with Crippen LogP contribution in [0.5, 0.6) is 0 Å². The summed E-state index contributed by atoms with van der Waals surface area (Å²) in [6, 6.07) is 9.31. The van der Waals surface area contributed by atoms with E-state index in [9.17, 15) is 0 Å². The molecule has 5 nitrogen and oxygen atoms in total. The third-order valence-electron chi connectivity index (χ3n) is 5.45. The number of benzene rings is 1. The highest BCUT2D eigenvalue weighted by Gasteiger charge is 2.17. The number of aromatic nitrogens is 2. The number of thiocarbonyl (C=S) groups is 1. The van der Waals surface area contributed by atoms with Crippen LogP contribution in [0.4, 0.5) is 5.69 Å². The number of hydrogen-bond acceptors (Lipinski definition) is 3. The lowest BCUT2D eigenvalue weighted by Crippen LogP contribution is -2.45. The van der Waals surface area contributed by atoms with Crippen molar-refractivity contribution in [2.24, 2.45) is 0 Å². The van der Waals surface area contributed by atoms with Crippen molar-refractivity contribution in [3.05, 3.63) is 48.5 Å². The Morgan fingerprint density at radius 3 is 2.57 bits per heavy atom. The Balaban J connectivity index is 1.60. The van der Waals surface area contributed by atoms with Crippen molar-refractivity contribution in [1.29, 1.82) is 0 Å². The summed E-state index contributed by atoms with van der Waals surface area (Å²) in [6.07, 6.45) is 13.2. The molecule has 1 heterocycles. The van der Waals surface area contributed by atoms with Gasteiger partial charge in [0, 0.05) is 57.9 Å². The van der Waals surface area contributed by atoms with E-state index in [1.54, 1.807) is 0 Å². The van der Waals surface area contributed by atoms with Crippen molar-refractivity contribution in [2.45, 2.75) is 57.7 Å². The average Bonchev–Trinajstić information content (AvgIpc) is 3.22. The highest BCUT2D eigenvalue weighted by atomic mass is 32.1. The number of aryl methyl sites for hydroxylation is 1. The summed E-state index contributed by atoms with van der Waals surface area (Å²) >= 11 is 5.82. The Labute approximate surface area is 174 Å². The van der Waals surface area contributed by atoms with Gasteiger partial charge >= 0.3 is 0 Å². The van der Waals surface area contributed by atoms with Gasteiger partial charge in [-0.25, -0.2) is 4.98 Å². The van der Waals surface area contributed by atoms with E-state index in [1.165, 1.54) is 43.4 Å². The summed E-state index contributed by atoms with van der Waals surface area (Å²) in [5.41, 5.74) is 2.51. The summed E-state index contributed by atoms with van der Waals surface area (Å²) in [4.78, 5) is 8.58. The first kappa shape index (κ1) is 20.6. The molecule has 1 aliphatic rings. The summed E-state index contributed by atoms with van der Waals surface area (Å²) in [5, 5.41) is 4.54. The molecule has 2 aromatic rings. The second kappa shape index (κ2) is 10.5. The Hall–Kier alpha value is -2.08. The molecule has 152 valence electrons. The van der Waals surface area contributed by atoms with Crippen LogP contribution in [0.15, 0.2) is 43.0 Å². The first-order valence-corrected chi connectivity index (χ1v) is 10.8. The first-order valence-electron chi connectivity index (χ1n) is 10.4. The van der Waals surface area contributed by atoms with Crippen LogP contribution >= 0.6 is 12.2 Å². The fourth-order valence-corrected chi connectivity index (χ4v) is 4.07. The van der Waals surface area contributed by atoms with Gasteiger partial charge in [0.1, 0.15) is 0 Å². The van der Waals surface area contributed by atoms with Gasteiger partial charge in [-0.15, -0.1) is 0 Å². The smallest absolute Gasteiger partial charge is 0.169 e. The van der Waals surface area contributed by atoms with Crippen LogP contribution in [-0.4, -0.2) is 46.2 Å². The number of hydrogen-bond donors (Lipinski definition) is 1. The largest absolute Gasteiger partial charge is 0.378 e. The van der Waals surface area contributed by atoms with Gasteiger partial charge < -0.3 is 19.7 Å². The molecular formula is C22H33N5S. The standard InChI is InChI=1S/C22H33N5S/c1-25(2)21-11-9-19(10-12-21)17-27(15-6-14-26-16-13-23-18-26)22(28)24-20-7-4-3-5-8-20/h9-13,16,18,20H,3-8,14-15,17H2,1-2H3,(H,24,28). The fraction of sp³-hybridized carbons (Fsp3) is 0.545. The van der Waals surface area contributed by atoms with Crippen LogP contribution in [0.25, 0.3) is 0 Å². The molecule has 1 fully saturated rings. The van der Waals surface area contributed by atoms with Gasteiger partial charge in [-0.2, -0.15) is 0 Å². The van der Waals surface area contributed by atoms with Gasteiger partial charge in [-0.1, -0.05) is 31.4 Å². The average molecular weight is 400 g/mol. The molecule has 3 rings (SSSR count). The monoisotopic (exact) mass is 399 g/mol. The number of imidazole rings is 1. The van der Waals surface area contributed by atoms with Crippen molar-refractivity contribution in [3.8, 4) is 0 Å². The number of anilines is 1. The first-order chi connectivity index (χ1) is 13.6. The molecule has 1 saturated carbocycles. The molecule has 28 heavy (non-hydrogen) atoms. The van der Waals surface area contributed by atoms with Crippen LogP contribution in [0.1, 0.15) is 44.1 Å². The van der Waals surface area contributed by atoms with Gasteiger partial charge in [0.2, 0.25) is 0 Å². The second-order valence-corrected chi connectivity index (χ2v) is 8.31. The SMILES string of the molecule is CN(C)c1ccc(CN(CCCn2ccnc2)C(=S)NC2CCCCC2)cc1. The quantitative estimate of drug-likeness (QED) is 0.678. The van der Waals surface area contributed by atoms with Crippen molar-refractivity contribution in [3.63, 3.8) is 0 Å². The minimum Gasteiger partial charge on any atom is -0.378 e. The lowest BCUT2D eigenvalue weighted by Gasteiger charge is -2.31. The van der Waals surface area contributed by atoms with E-state index in [0.717, 1.165) is 31.2 Å². The van der Waals surface area contributed by atoms with Crippen LogP contribution in [0.3, 0.4) is 0 Å². The van der Waals surface area contributed by atoms with E-state index in [-0.39, 0.29) is 0 Å². The maximum absolute atomic E-state index is 5.82. The Morgan fingerprint density at radius 1 is 1.18 bits per heavy atom. The molecule has 1 aromatic carbocycles. The van der Waals surface area contributed by atoms with Gasteiger partial charge in [0.25, 0.3) is 0 Å². The van der Waals surface area contributed by atoms with E-state index in [0.29, 0.717) is 6.04 Å². The predicted octanol–water partition coefficient (Wildman–Crippen LogP) is 4.05. The van der Waals surface area contributed by atoms with Crippen molar-refractivity contribution >= 4 is 23.0 Å². The minimum atomic E-state index is 0.536. The minimum absolute atomic E-state index is 0.536. The maximum atomic E-state index is 5.82. The highest BCUT2D eigenvalue weighted by Crippen LogP contribution is 2.19. The maximum Gasteiger partial charge on any atom is 0.169 e. The normalized spacial score (nSPS) is 14.6. The molecule has 0 bridgehead atoms. The van der Waals surface area contributed by atoms with Crippen LogP contribution in [-0.2, 0) is 13.1 Å². The molecule has 0 spiro atoms. The predicted molar refractivity (Wildman–Crippen MR) is 121 cm³/mol. The molecular weight excluding hydrogens is 366 g/mol. The lowest BCUT2D eigenvalue weighted by molar-refractivity contribution is 0.357. The third kappa shape index (κ3) is 6.23. The third-order valence-corrected chi connectivity index (χ3v) is 5.83. The number of nitrogens with zero attached hydrogens (tertiary/aromatic N) is 4. The second-order valence-electron chi connectivity index (χ2n) is 7.92. The van der Waals surface area contributed by atoms with Gasteiger partial charge in [-0.05, 0) is 49.2 Å². The molecule has 1 aliphatic carbocycles. The van der Waals surface area contributed by atoms with Gasteiger partial charge in [-0.3, -0.25) is 0 Å². The van der Waals surface area contributed by atoms with E-state index < -0.39 is 0 Å². The van der Waals surface area contributed by atoms with E-state index in [1.807, 2.05) is 18.7 Å². The zero-order chi connectivity index (χ0) is 19.8. The summed E-state index contributed by atoms with van der Waals surface area (Å²) < 4.78 is 2.13. The van der Waals surface area contributed by atoms with E-state index >= 15 is 0 Å². The molecule has 0 amide bonds. The molecule has 0 atom stereocenters. The Kier molecular flexibility index (Phi) is 7.71. The van der Waals surface area contributed by atoms with Crippen molar-refractivity contribution in [1.82, 2.24) is 19.8 Å². The van der Waals surface area contributed by atoms with Crippen LogP contribution in [0, 0.1) is 0 Å². The fourth-order valence-electron chi connectivity index (χ4n) is 3.75. The molecule has 6 heteroatoms.